The Morgan fingerprint density at radius 3 is 1.62 bits per heavy atom. The molecule has 1 aromatic carbocycles. The third kappa shape index (κ3) is 22.7. The van der Waals surface area contributed by atoms with E-state index in [0.29, 0.717) is 15.6 Å². The lowest BCUT2D eigenvalue weighted by Crippen LogP contribution is -2.21. The first kappa shape index (κ1) is 38.1. The predicted molar refractivity (Wildman–Crippen MR) is 92.1 cm³/mol. The van der Waals surface area contributed by atoms with Gasteiger partial charge in [-0.05, 0) is 12.1 Å². The van der Waals surface area contributed by atoms with Gasteiger partial charge in [-0.1, -0.05) is 29.3 Å². The molecule has 0 unspecified atom stereocenters. The molecule has 0 aliphatic rings. The molecule has 0 saturated heterocycles. The van der Waals surface area contributed by atoms with Crippen molar-refractivity contribution in [3.05, 3.63) is 33.8 Å². The van der Waals surface area contributed by atoms with E-state index in [9.17, 15) is 0 Å². The summed E-state index contributed by atoms with van der Waals surface area (Å²) in [7, 11) is -4.67. The fraction of sp³-hybridized carbons (Fsp3) is 0. The zero-order valence-corrected chi connectivity index (χ0v) is 14.1. The SMILES string of the molecule is NC(N)=NN=Cc1c(Cl)cccc1Cl.O.O.O.O.O.O=S(=O)(O)O. The summed E-state index contributed by atoms with van der Waals surface area (Å²) >= 11 is 11.7. The summed E-state index contributed by atoms with van der Waals surface area (Å²) in [5.41, 5.74) is 10.7. The molecular weight excluding hydrogens is 399 g/mol. The van der Waals surface area contributed by atoms with Crippen LogP contribution in [0.1, 0.15) is 5.56 Å². The van der Waals surface area contributed by atoms with Gasteiger partial charge in [-0.3, -0.25) is 9.11 Å². The zero-order valence-electron chi connectivity index (χ0n) is 11.7. The molecule has 0 radical (unpaired) electrons. The lowest BCUT2D eigenvalue weighted by atomic mass is 10.2. The van der Waals surface area contributed by atoms with Gasteiger partial charge in [-0.25, -0.2) is 0 Å². The molecule has 0 spiro atoms. The highest BCUT2D eigenvalue weighted by Gasteiger charge is 2.01. The van der Waals surface area contributed by atoms with Gasteiger partial charge < -0.3 is 38.8 Å². The van der Waals surface area contributed by atoms with Gasteiger partial charge in [0.05, 0.1) is 16.3 Å². The Hall–Kier alpha value is -1.59. The lowest BCUT2D eigenvalue weighted by molar-refractivity contribution is 0.381. The van der Waals surface area contributed by atoms with Crippen LogP contribution in [0.3, 0.4) is 0 Å². The Labute approximate surface area is 146 Å². The average molecular weight is 419 g/mol. The first-order valence-corrected chi connectivity index (χ1v) is 6.52. The summed E-state index contributed by atoms with van der Waals surface area (Å²) in [5, 5.41) is 8.02. The van der Waals surface area contributed by atoms with E-state index in [0.717, 1.165) is 0 Å². The summed E-state index contributed by atoms with van der Waals surface area (Å²) in [4.78, 5) is 0. The normalized spacial score (nSPS) is 8.50. The molecule has 0 heterocycles. The van der Waals surface area contributed by atoms with Gasteiger partial charge in [-0.2, -0.15) is 13.5 Å². The number of rotatable bonds is 2. The molecule has 1 aromatic rings. The number of halogens is 2. The van der Waals surface area contributed by atoms with Crippen LogP contribution >= 0.6 is 23.2 Å². The van der Waals surface area contributed by atoms with Crippen molar-refractivity contribution in [2.45, 2.75) is 0 Å². The molecule has 0 amide bonds. The van der Waals surface area contributed by atoms with Crippen molar-refractivity contribution in [2.24, 2.45) is 21.7 Å². The smallest absolute Gasteiger partial charge is 0.394 e. The summed E-state index contributed by atoms with van der Waals surface area (Å²) in [6, 6.07) is 5.14. The highest BCUT2D eigenvalue weighted by Crippen LogP contribution is 2.22. The van der Waals surface area contributed by atoms with Gasteiger partial charge >= 0.3 is 10.4 Å². The summed E-state index contributed by atoms with van der Waals surface area (Å²) in [5.74, 6) is -0.121. The number of benzene rings is 1. The maximum Gasteiger partial charge on any atom is 0.394 e. The molecule has 0 aromatic heterocycles. The first-order chi connectivity index (χ1) is 8.61. The van der Waals surface area contributed by atoms with Crippen molar-refractivity contribution < 1.29 is 44.9 Å². The molecular formula is C8H20Cl2N4O9S. The van der Waals surface area contributed by atoms with E-state index in [1.54, 1.807) is 18.2 Å². The van der Waals surface area contributed by atoms with E-state index in [-0.39, 0.29) is 33.3 Å². The maximum atomic E-state index is 8.74. The zero-order chi connectivity index (χ0) is 15.1. The standard InChI is InChI=1S/C8H8Cl2N4.H2O4S.5H2O/c9-6-2-1-3-7(10)5(6)4-13-14-8(11)12;1-5(2,3)4;;;;;/h1-4H,(H4,11,12,14);(H2,1,2,3,4);5*1H2. The predicted octanol–water partition coefficient (Wildman–Crippen LogP) is -3.18. The van der Waals surface area contributed by atoms with Crippen molar-refractivity contribution >= 4 is 45.8 Å². The molecule has 16 heteroatoms. The molecule has 0 saturated carbocycles. The second kappa shape index (κ2) is 17.8. The maximum absolute atomic E-state index is 8.74. The molecule has 146 valence electrons. The molecule has 16 N–H and O–H groups in total. The van der Waals surface area contributed by atoms with Gasteiger partial charge in [0.25, 0.3) is 0 Å². The van der Waals surface area contributed by atoms with Gasteiger partial charge in [-0.15, -0.1) is 5.10 Å². The third-order valence-electron chi connectivity index (χ3n) is 1.36. The average Bonchev–Trinajstić information content (AvgIpc) is 2.19. The van der Waals surface area contributed by atoms with Crippen LogP contribution < -0.4 is 11.5 Å². The summed E-state index contributed by atoms with van der Waals surface area (Å²) in [6.07, 6.45) is 1.39. The van der Waals surface area contributed by atoms with Crippen molar-refractivity contribution in [3.63, 3.8) is 0 Å². The second-order valence-corrected chi connectivity index (χ2v) is 4.56. The number of nitrogens with two attached hydrogens (primary N) is 2. The van der Waals surface area contributed by atoms with Crippen LogP contribution in [-0.4, -0.2) is 57.1 Å². The van der Waals surface area contributed by atoms with Crippen LogP contribution in [-0.2, 0) is 10.4 Å². The largest absolute Gasteiger partial charge is 0.412 e. The minimum Gasteiger partial charge on any atom is -0.412 e. The van der Waals surface area contributed by atoms with E-state index in [1.807, 2.05) is 0 Å². The van der Waals surface area contributed by atoms with Crippen LogP contribution in [0, 0.1) is 0 Å². The fourth-order valence-electron chi connectivity index (χ4n) is 0.787. The van der Waals surface area contributed by atoms with Gasteiger partial charge in [0.15, 0.2) is 0 Å². The fourth-order valence-corrected chi connectivity index (χ4v) is 1.28. The highest BCUT2D eigenvalue weighted by molar-refractivity contribution is 7.79. The molecule has 0 atom stereocenters. The Morgan fingerprint density at radius 2 is 1.33 bits per heavy atom. The second-order valence-electron chi connectivity index (χ2n) is 2.85. The highest BCUT2D eigenvalue weighted by atomic mass is 35.5. The first-order valence-electron chi connectivity index (χ1n) is 4.37. The lowest BCUT2D eigenvalue weighted by Gasteiger charge is -1.98. The van der Waals surface area contributed by atoms with Crippen molar-refractivity contribution in [3.8, 4) is 0 Å². The number of hydrogen-bond donors (Lipinski definition) is 4. The van der Waals surface area contributed by atoms with Crippen molar-refractivity contribution in [1.82, 2.24) is 0 Å². The molecule has 13 nitrogen and oxygen atoms in total. The Balaban J connectivity index is -0.0000000725. The van der Waals surface area contributed by atoms with Gasteiger partial charge in [0.1, 0.15) is 0 Å². The Morgan fingerprint density at radius 1 is 1.00 bits per heavy atom. The minimum absolute atomic E-state index is 0. The van der Waals surface area contributed by atoms with Gasteiger partial charge in [0, 0.05) is 5.56 Å². The number of hydrogen-bond acceptors (Lipinski definition) is 4. The van der Waals surface area contributed by atoms with E-state index in [4.69, 9.17) is 52.2 Å². The van der Waals surface area contributed by atoms with Crippen molar-refractivity contribution in [1.29, 1.82) is 0 Å². The van der Waals surface area contributed by atoms with Crippen molar-refractivity contribution in [2.75, 3.05) is 0 Å². The summed E-state index contributed by atoms with van der Waals surface area (Å²) < 4.78 is 31.6. The third-order valence-corrected chi connectivity index (χ3v) is 2.02. The molecule has 24 heavy (non-hydrogen) atoms. The van der Waals surface area contributed by atoms with Gasteiger partial charge in [0.2, 0.25) is 5.96 Å². The topological polar surface area (TPSA) is 309 Å². The Kier molecular flexibility index (Phi) is 28.2. The number of guanidine groups is 1. The molecule has 0 fully saturated rings. The van der Waals surface area contributed by atoms with Crippen LogP contribution in [0.5, 0.6) is 0 Å². The molecule has 1 rings (SSSR count). The van der Waals surface area contributed by atoms with Crippen LogP contribution in [0.25, 0.3) is 0 Å². The van der Waals surface area contributed by atoms with Crippen LogP contribution in [0.4, 0.5) is 0 Å². The molecule has 0 aliphatic carbocycles. The van der Waals surface area contributed by atoms with E-state index >= 15 is 0 Å². The Bertz CT molecular complexity index is 565. The summed E-state index contributed by atoms with van der Waals surface area (Å²) in [6.45, 7) is 0. The van der Waals surface area contributed by atoms with E-state index < -0.39 is 10.4 Å². The van der Waals surface area contributed by atoms with Crippen LogP contribution in [0.2, 0.25) is 10.0 Å². The minimum atomic E-state index is -4.67. The monoisotopic (exact) mass is 418 g/mol. The van der Waals surface area contributed by atoms with E-state index in [1.165, 1.54) is 6.21 Å². The molecule has 0 aliphatic heterocycles. The number of nitrogens with zero attached hydrogens (tertiary/aromatic N) is 2. The van der Waals surface area contributed by atoms with E-state index in [2.05, 4.69) is 10.2 Å². The van der Waals surface area contributed by atoms with Crippen LogP contribution in [0.15, 0.2) is 28.4 Å². The molecule has 0 bridgehead atoms. The quantitative estimate of drug-likeness (QED) is 0.165.